The van der Waals surface area contributed by atoms with Crippen molar-refractivity contribution in [2.24, 2.45) is 0 Å². The molecule has 1 heterocycles. The molecule has 0 saturated heterocycles. The molecule has 0 aromatic heterocycles. The van der Waals surface area contributed by atoms with E-state index in [0.29, 0.717) is 4.99 Å². The fourth-order valence-corrected chi connectivity index (χ4v) is 0.732. The van der Waals surface area contributed by atoms with Crippen molar-refractivity contribution in [3.05, 3.63) is 12.2 Å². The molecule has 0 aromatic carbocycles. The predicted molar refractivity (Wildman–Crippen MR) is 35.5 cm³/mol. The first-order valence-corrected chi connectivity index (χ1v) is 2.75. The van der Waals surface area contributed by atoms with Crippen LogP contribution in [0.5, 0.6) is 0 Å². The van der Waals surface area contributed by atoms with Crippen LogP contribution in [0, 0.1) is 0 Å². The minimum Gasteiger partial charge on any atom is -0.370 e. The summed E-state index contributed by atoms with van der Waals surface area (Å²) in [5.74, 6) is 0. The number of hydrogen-bond donors (Lipinski definition) is 1. The lowest BCUT2D eigenvalue weighted by Gasteiger charge is -2.14. The fourth-order valence-electron chi connectivity index (χ4n) is 0.545. The molecule has 44 valence electrons. The average Bonchev–Trinajstić information content (AvgIpc) is 1.98. The summed E-state index contributed by atoms with van der Waals surface area (Å²) in [7, 11) is 1.76. The fraction of sp³-hybridized carbons (Fsp3) is 0.400. The van der Waals surface area contributed by atoms with Crippen molar-refractivity contribution in [3.63, 3.8) is 0 Å². The monoisotopic (exact) mass is 129 g/mol. The number of hydrogen-bond acceptors (Lipinski definition) is 2. The van der Waals surface area contributed by atoms with E-state index in [2.05, 4.69) is 0 Å². The van der Waals surface area contributed by atoms with Crippen molar-refractivity contribution in [1.29, 1.82) is 0 Å². The van der Waals surface area contributed by atoms with E-state index in [-0.39, 0.29) is 0 Å². The maximum atomic E-state index is 8.92. The van der Waals surface area contributed by atoms with E-state index in [4.69, 9.17) is 17.3 Å². The zero-order chi connectivity index (χ0) is 6.15. The molecule has 1 aliphatic rings. The van der Waals surface area contributed by atoms with Crippen molar-refractivity contribution < 1.29 is 5.11 Å². The Morgan fingerprint density at radius 2 is 2.50 bits per heavy atom. The van der Waals surface area contributed by atoms with Gasteiger partial charge in [0, 0.05) is 7.05 Å². The largest absolute Gasteiger partial charge is 0.370 e. The quantitative estimate of drug-likeness (QED) is 0.470. The molecule has 0 radical (unpaired) electrons. The summed E-state index contributed by atoms with van der Waals surface area (Å²) in [5.41, 5.74) is 0. The summed E-state index contributed by atoms with van der Waals surface area (Å²) in [6.07, 6.45) is 2.88. The smallest absolute Gasteiger partial charge is 0.146 e. The third-order valence-corrected chi connectivity index (χ3v) is 1.58. The standard InChI is InChI=1S/C5H7NOS/c1-6-4(7)2-3-5(6)8/h2-4,7H,1H3. The topological polar surface area (TPSA) is 23.5 Å². The summed E-state index contributed by atoms with van der Waals surface area (Å²) in [6.45, 7) is 0. The van der Waals surface area contributed by atoms with E-state index in [9.17, 15) is 0 Å². The molecule has 1 unspecified atom stereocenters. The highest BCUT2D eigenvalue weighted by atomic mass is 32.1. The first kappa shape index (κ1) is 5.72. The summed E-state index contributed by atoms with van der Waals surface area (Å²) in [6, 6.07) is 0. The number of aliphatic hydroxyl groups excluding tert-OH is 1. The molecule has 1 atom stereocenters. The lowest BCUT2D eigenvalue weighted by Crippen LogP contribution is -2.27. The number of nitrogens with zero attached hydrogens (tertiary/aromatic N) is 1. The van der Waals surface area contributed by atoms with Crippen LogP contribution in [0.15, 0.2) is 12.2 Å². The van der Waals surface area contributed by atoms with Crippen LogP contribution in [0.1, 0.15) is 0 Å². The van der Waals surface area contributed by atoms with Crippen LogP contribution >= 0.6 is 12.2 Å². The average molecular weight is 129 g/mol. The van der Waals surface area contributed by atoms with Crippen LogP contribution in [-0.4, -0.2) is 28.3 Å². The van der Waals surface area contributed by atoms with Crippen LogP contribution < -0.4 is 0 Å². The number of thiocarbonyl (C=S) groups is 1. The highest BCUT2D eigenvalue weighted by Crippen LogP contribution is 2.05. The Hall–Kier alpha value is -0.410. The molecule has 0 saturated carbocycles. The molecule has 0 aliphatic carbocycles. The molecule has 8 heavy (non-hydrogen) atoms. The van der Waals surface area contributed by atoms with Crippen molar-refractivity contribution in [2.75, 3.05) is 7.05 Å². The summed E-state index contributed by atoms with van der Waals surface area (Å²) in [4.78, 5) is 2.31. The molecule has 1 aliphatic heterocycles. The molecule has 0 bridgehead atoms. The van der Waals surface area contributed by atoms with E-state index in [0.717, 1.165) is 0 Å². The number of rotatable bonds is 0. The second kappa shape index (κ2) is 1.84. The van der Waals surface area contributed by atoms with Gasteiger partial charge in [0.25, 0.3) is 0 Å². The Labute approximate surface area is 53.4 Å². The first-order chi connectivity index (χ1) is 3.72. The zero-order valence-corrected chi connectivity index (χ0v) is 5.35. The van der Waals surface area contributed by atoms with Gasteiger partial charge < -0.3 is 10.0 Å². The van der Waals surface area contributed by atoms with Crippen LogP contribution in [0.25, 0.3) is 0 Å². The Morgan fingerprint density at radius 3 is 2.62 bits per heavy atom. The molecular weight excluding hydrogens is 122 g/mol. The summed E-state index contributed by atoms with van der Waals surface area (Å²) in [5, 5.41) is 8.92. The normalized spacial score (nSPS) is 27.5. The molecule has 0 spiro atoms. The van der Waals surface area contributed by atoms with Gasteiger partial charge in [0.05, 0.1) is 0 Å². The van der Waals surface area contributed by atoms with E-state index >= 15 is 0 Å². The van der Waals surface area contributed by atoms with Gasteiger partial charge in [-0.25, -0.2) is 0 Å². The number of aliphatic hydroxyl groups is 1. The van der Waals surface area contributed by atoms with Crippen LogP contribution in [0.4, 0.5) is 0 Å². The van der Waals surface area contributed by atoms with Gasteiger partial charge in [0.2, 0.25) is 0 Å². The highest BCUT2D eigenvalue weighted by molar-refractivity contribution is 7.80. The third-order valence-electron chi connectivity index (χ3n) is 1.16. The maximum Gasteiger partial charge on any atom is 0.146 e. The van der Waals surface area contributed by atoms with E-state index in [1.54, 1.807) is 24.1 Å². The Morgan fingerprint density at radius 1 is 1.88 bits per heavy atom. The van der Waals surface area contributed by atoms with Crippen molar-refractivity contribution in [2.45, 2.75) is 6.23 Å². The number of likely N-dealkylation sites (N-methyl/N-ethyl adjacent to an activating group) is 1. The lowest BCUT2D eigenvalue weighted by molar-refractivity contribution is 0.124. The SMILES string of the molecule is CN1C(=S)C=CC1O. The van der Waals surface area contributed by atoms with E-state index < -0.39 is 6.23 Å². The Bertz CT molecular complexity index is 143. The van der Waals surface area contributed by atoms with Gasteiger partial charge in [-0.1, -0.05) is 12.2 Å². The molecule has 1 N–H and O–H groups in total. The molecule has 1 rings (SSSR count). The van der Waals surface area contributed by atoms with Gasteiger partial charge in [-0.15, -0.1) is 0 Å². The lowest BCUT2D eigenvalue weighted by atomic mass is 10.5. The van der Waals surface area contributed by atoms with Gasteiger partial charge in [-0.05, 0) is 12.2 Å². The van der Waals surface area contributed by atoms with E-state index in [1.807, 2.05) is 0 Å². The molecular formula is C5H7NOS. The zero-order valence-electron chi connectivity index (χ0n) is 4.53. The maximum absolute atomic E-state index is 8.92. The summed E-state index contributed by atoms with van der Waals surface area (Å²) < 4.78 is 0. The molecule has 3 heteroatoms. The van der Waals surface area contributed by atoms with Gasteiger partial charge in [-0.3, -0.25) is 0 Å². The predicted octanol–water partition coefficient (Wildman–Crippen LogP) is 0.134. The van der Waals surface area contributed by atoms with Gasteiger partial charge in [-0.2, -0.15) is 0 Å². The van der Waals surface area contributed by atoms with Crippen molar-refractivity contribution in [1.82, 2.24) is 4.90 Å². The van der Waals surface area contributed by atoms with Crippen molar-refractivity contribution >= 4 is 17.2 Å². The minimum absolute atomic E-state index is 0.498. The minimum atomic E-state index is -0.498. The Balaban J connectivity index is 2.69. The molecule has 0 amide bonds. The van der Waals surface area contributed by atoms with Crippen LogP contribution in [0.3, 0.4) is 0 Å². The second-order valence-corrected chi connectivity index (χ2v) is 2.14. The highest BCUT2D eigenvalue weighted by Gasteiger charge is 2.14. The second-order valence-electron chi connectivity index (χ2n) is 1.72. The molecule has 2 nitrogen and oxygen atoms in total. The summed E-state index contributed by atoms with van der Waals surface area (Å²) >= 11 is 4.80. The van der Waals surface area contributed by atoms with Crippen LogP contribution in [-0.2, 0) is 0 Å². The molecule has 0 aromatic rings. The van der Waals surface area contributed by atoms with Crippen molar-refractivity contribution in [3.8, 4) is 0 Å². The van der Waals surface area contributed by atoms with E-state index in [1.165, 1.54) is 0 Å². The third kappa shape index (κ3) is 0.743. The Kier molecular flexibility index (Phi) is 1.31. The van der Waals surface area contributed by atoms with Gasteiger partial charge >= 0.3 is 0 Å². The first-order valence-electron chi connectivity index (χ1n) is 2.35. The van der Waals surface area contributed by atoms with Gasteiger partial charge in [0.15, 0.2) is 0 Å². The van der Waals surface area contributed by atoms with Gasteiger partial charge in [0.1, 0.15) is 11.2 Å². The molecule has 0 fully saturated rings. The van der Waals surface area contributed by atoms with Crippen LogP contribution in [0.2, 0.25) is 0 Å².